The van der Waals surface area contributed by atoms with Crippen molar-refractivity contribution in [3.05, 3.63) is 88.4 Å². The summed E-state index contributed by atoms with van der Waals surface area (Å²) in [5, 5.41) is 12.9. The number of aromatic nitrogens is 1. The first kappa shape index (κ1) is 21.7. The van der Waals surface area contributed by atoms with E-state index in [1.807, 2.05) is 50.2 Å². The zero-order chi connectivity index (χ0) is 21.9. The van der Waals surface area contributed by atoms with Crippen LogP contribution in [0.2, 0.25) is 0 Å². The van der Waals surface area contributed by atoms with E-state index < -0.39 is 5.60 Å². The maximum Gasteiger partial charge on any atom is 0.207 e. The van der Waals surface area contributed by atoms with Gasteiger partial charge >= 0.3 is 0 Å². The third-order valence-electron chi connectivity index (χ3n) is 5.43. The average Bonchev–Trinajstić information content (AvgIpc) is 2.70. The second kappa shape index (κ2) is 8.76. The number of hydrogen-bond donors (Lipinski definition) is 2. The van der Waals surface area contributed by atoms with Crippen LogP contribution in [0.1, 0.15) is 47.7 Å². The van der Waals surface area contributed by atoms with Crippen molar-refractivity contribution >= 4 is 6.41 Å². The number of pyridine rings is 1. The average molecular weight is 407 g/mol. The fourth-order valence-electron chi connectivity index (χ4n) is 3.54. The van der Waals surface area contributed by atoms with Gasteiger partial charge in [-0.15, -0.1) is 0 Å². The van der Waals surface area contributed by atoms with Gasteiger partial charge in [0, 0.05) is 18.0 Å². The van der Waals surface area contributed by atoms with E-state index in [9.17, 15) is 14.3 Å². The molecule has 3 aromatic rings. The molecule has 0 radical (unpaired) electrons. The van der Waals surface area contributed by atoms with Crippen LogP contribution in [-0.2, 0) is 10.4 Å². The predicted octanol–water partition coefficient (Wildman–Crippen LogP) is 4.61. The Hall–Kier alpha value is -3.05. The minimum Gasteiger partial charge on any atom is -0.386 e. The number of nitrogens with zero attached hydrogens (tertiary/aromatic N) is 1. The van der Waals surface area contributed by atoms with Crippen molar-refractivity contribution in [1.29, 1.82) is 0 Å². The summed E-state index contributed by atoms with van der Waals surface area (Å²) in [4.78, 5) is 15.8. The zero-order valence-corrected chi connectivity index (χ0v) is 17.7. The molecule has 2 aromatic carbocycles. The molecule has 1 atom stereocenters. The van der Waals surface area contributed by atoms with Gasteiger partial charge in [0.15, 0.2) is 0 Å². The van der Waals surface area contributed by atoms with Crippen molar-refractivity contribution < 1.29 is 14.3 Å². The van der Waals surface area contributed by atoms with Gasteiger partial charge in [-0.1, -0.05) is 36.4 Å². The Morgan fingerprint density at radius 1 is 1.13 bits per heavy atom. The van der Waals surface area contributed by atoms with Crippen LogP contribution >= 0.6 is 0 Å². The van der Waals surface area contributed by atoms with Gasteiger partial charge in [0.2, 0.25) is 6.41 Å². The lowest BCUT2D eigenvalue weighted by atomic mass is 9.91. The number of halogens is 1. The second-order valence-electron chi connectivity index (χ2n) is 8.11. The highest BCUT2D eigenvalue weighted by atomic mass is 19.1. The molecule has 1 amide bonds. The number of nitrogens with one attached hydrogen (secondary N) is 1. The minimum absolute atomic E-state index is 0.278. The Morgan fingerprint density at radius 3 is 2.43 bits per heavy atom. The fraction of sp³-hybridized carbons (Fsp3) is 0.280. The van der Waals surface area contributed by atoms with Gasteiger partial charge in [0.1, 0.15) is 5.82 Å². The van der Waals surface area contributed by atoms with Crippen LogP contribution in [0.4, 0.5) is 4.39 Å². The lowest BCUT2D eigenvalue weighted by Gasteiger charge is -2.21. The van der Waals surface area contributed by atoms with Crippen LogP contribution in [0.15, 0.2) is 54.6 Å². The van der Waals surface area contributed by atoms with Gasteiger partial charge in [-0.2, -0.15) is 0 Å². The van der Waals surface area contributed by atoms with Crippen LogP contribution in [0.3, 0.4) is 0 Å². The zero-order valence-electron chi connectivity index (χ0n) is 17.7. The van der Waals surface area contributed by atoms with Gasteiger partial charge in [-0.3, -0.25) is 9.78 Å². The third kappa shape index (κ3) is 4.74. The highest BCUT2D eigenvalue weighted by Crippen LogP contribution is 2.31. The van der Waals surface area contributed by atoms with Crippen LogP contribution in [0.25, 0.3) is 11.3 Å². The molecule has 0 aliphatic rings. The summed E-state index contributed by atoms with van der Waals surface area (Å²) in [6.07, 6.45) is 0.642. The topological polar surface area (TPSA) is 62.2 Å². The highest BCUT2D eigenvalue weighted by molar-refractivity contribution is 5.65. The first-order valence-electron chi connectivity index (χ1n) is 9.94. The molecule has 0 saturated carbocycles. The van der Waals surface area contributed by atoms with E-state index in [1.165, 1.54) is 12.1 Å². The van der Waals surface area contributed by atoms with Crippen molar-refractivity contribution in [2.45, 2.75) is 39.2 Å². The number of rotatable bonds is 7. The number of hydrogen-bond acceptors (Lipinski definition) is 3. The van der Waals surface area contributed by atoms with Crippen LogP contribution in [0, 0.1) is 19.7 Å². The Morgan fingerprint density at radius 2 is 1.83 bits per heavy atom. The van der Waals surface area contributed by atoms with Gasteiger partial charge in [-0.25, -0.2) is 4.39 Å². The Balaban J connectivity index is 2.09. The molecule has 156 valence electrons. The first-order valence-corrected chi connectivity index (χ1v) is 9.94. The monoisotopic (exact) mass is 406 g/mol. The summed E-state index contributed by atoms with van der Waals surface area (Å²) >= 11 is 0. The van der Waals surface area contributed by atoms with E-state index >= 15 is 0 Å². The van der Waals surface area contributed by atoms with Gasteiger partial charge in [0.25, 0.3) is 0 Å². The lowest BCUT2D eigenvalue weighted by Crippen LogP contribution is -2.22. The molecular weight excluding hydrogens is 379 g/mol. The summed E-state index contributed by atoms with van der Waals surface area (Å²) in [6.45, 7) is 7.86. The third-order valence-corrected chi connectivity index (χ3v) is 5.43. The summed E-state index contributed by atoms with van der Waals surface area (Å²) in [5.41, 5.74) is 5.31. The molecule has 0 saturated heterocycles. The van der Waals surface area contributed by atoms with Crippen molar-refractivity contribution in [2.75, 3.05) is 6.54 Å². The van der Waals surface area contributed by atoms with Crippen LogP contribution in [-0.4, -0.2) is 23.0 Å². The standard InChI is InChI=1S/C25H27FN2O2/c1-16-12-23(22(14-27-15-29)19-6-5-7-21(26)13-19)28-24(17(16)2)18-8-10-20(11-9-18)25(3,4)30/h5-13,15,22,30H,14H2,1-4H3,(H,27,29). The van der Waals surface area contributed by atoms with Gasteiger partial charge in [0.05, 0.1) is 17.0 Å². The lowest BCUT2D eigenvalue weighted by molar-refractivity contribution is -0.109. The molecule has 1 heterocycles. The summed E-state index contributed by atoms with van der Waals surface area (Å²) in [6, 6.07) is 16.1. The molecule has 0 aliphatic heterocycles. The fourth-order valence-corrected chi connectivity index (χ4v) is 3.54. The quantitative estimate of drug-likeness (QED) is 0.563. The van der Waals surface area contributed by atoms with Gasteiger partial charge in [-0.05, 0) is 68.1 Å². The number of amides is 1. The molecule has 2 N–H and O–H groups in total. The molecule has 0 fully saturated rings. The normalized spacial score (nSPS) is 12.5. The van der Waals surface area contributed by atoms with E-state index in [0.29, 0.717) is 13.0 Å². The smallest absolute Gasteiger partial charge is 0.207 e. The van der Waals surface area contributed by atoms with E-state index in [1.54, 1.807) is 19.9 Å². The molecular formula is C25H27FN2O2. The SMILES string of the molecule is Cc1cc(C(CNC=O)c2cccc(F)c2)nc(-c2ccc(C(C)(C)O)cc2)c1C. The predicted molar refractivity (Wildman–Crippen MR) is 117 cm³/mol. The van der Waals surface area contributed by atoms with E-state index in [2.05, 4.69) is 5.32 Å². The molecule has 1 unspecified atom stereocenters. The second-order valence-corrected chi connectivity index (χ2v) is 8.11. The number of benzene rings is 2. The molecule has 30 heavy (non-hydrogen) atoms. The van der Waals surface area contributed by atoms with Crippen molar-refractivity contribution in [3.8, 4) is 11.3 Å². The van der Waals surface area contributed by atoms with Crippen molar-refractivity contribution in [1.82, 2.24) is 10.3 Å². The van der Waals surface area contributed by atoms with E-state index in [4.69, 9.17) is 4.98 Å². The van der Waals surface area contributed by atoms with Gasteiger partial charge < -0.3 is 10.4 Å². The number of aryl methyl sites for hydroxylation is 1. The molecule has 0 bridgehead atoms. The molecule has 1 aromatic heterocycles. The summed E-state index contributed by atoms with van der Waals surface area (Å²) < 4.78 is 13.9. The molecule has 5 heteroatoms. The molecule has 0 aliphatic carbocycles. The number of carbonyl (C=O) groups excluding carboxylic acids is 1. The maximum absolute atomic E-state index is 13.9. The maximum atomic E-state index is 13.9. The molecule has 4 nitrogen and oxygen atoms in total. The summed E-state index contributed by atoms with van der Waals surface area (Å²) in [7, 11) is 0. The van der Waals surface area contributed by atoms with Crippen molar-refractivity contribution in [2.24, 2.45) is 0 Å². The van der Waals surface area contributed by atoms with Crippen LogP contribution in [0.5, 0.6) is 0 Å². The first-order chi connectivity index (χ1) is 14.2. The number of aliphatic hydroxyl groups is 1. The Kier molecular flexibility index (Phi) is 6.32. The van der Waals surface area contributed by atoms with E-state index in [0.717, 1.165) is 39.2 Å². The Labute approximate surface area is 176 Å². The summed E-state index contributed by atoms with van der Waals surface area (Å²) in [5.74, 6) is -0.602. The highest BCUT2D eigenvalue weighted by Gasteiger charge is 2.20. The Bertz CT molecular complexity index is 1040. The minimum atomic E-state index is -0.915. The van der Waals surface area contributed by atoms with Crippen LogP contribution < -0.4 is 5.32 Å². The largest absolute Gasteiger partial charge is 0.386 e. The number of carbonyl (C=O) groups is 1. The molecule has 0 spiro atoms. The van der Waals surface area contributed by atoms with E-state index in [-0.39, 0.29) is 11.7 Å². The molecule has 3 rings (SSSR count). The van der Waals surface area contributed by atoms with Crippen molar-refractivity contribution in [3.63, 3.8) is 0 Å².